The van der Waals surface area contributed by atoms with Gasteiger partial charge in [-0.15, -0.1) is 22.7 Å². The molecule has 0 fully saturated rings. The summed E-state index contributed by atoms with van der Waals surface area (Å²) in [7, 11) is 0. The van der Waals surface area contributed by atoms with Crippen LogP contribution in [0.1, 0.15) is 23.5 Å². The van der Waals surface area contributed by atoms with Crippen LogP contribution in [0, 0.1) is 0 Å². The molecule has 0 aromatic carbocycles. The number of rotatable bonds is 4. The Balaban J connectivity index is 2.09. The molecular weight excluding hydrogens is 344 g/mol. The highest BCUT2D eigenvalue weighted by Crippen LogP contribution is 2.37. The highest BCUT2D eigenvalue weighted by atomic mass is 79.9. The van der Waals surface area contributed by atoms with Crippen LogP contribution in [0.5, 0.6) is 0 Å². The summed E-state index contributed by atoms with van der Waals surface area (Å²) in [4.78, 5) is 1.21. The van der Waals surface area contributed by atoms with Crippen LogP contribution in [0.3, 0.4) is 0 Å². The normalized spacial score (nSPS) is 13.2. The number of nitrogens with zero attached hydrogens (tertiary/aromatic N) is 2. The van der Waals surface area contributed by atoms with Gasteiger partial charge in [0.1, 0.15) is 0 Å². The van der Waals surface area contributed by atoms with Crippen molar-refractivity contribution >= 4 is 48.0 Å². The number of aromatic nitrogens is 2. The minimum absolute atomic E-state index is 0.0403. The molecule has 3 heterocycles. The number of hydrogen-bond donors (Lipinski definition) is 2. The average Bonchev–Trinajstić information content (AvgIpc) is 3.06. The Kier molecular flexibility index (Phi) is 3.72. The molecule has 100 valence electrons. The van der Waals surface area contributed by atoms with E-state index in [-0.39, 0.29) is 6.04 Å². The Morgan fingerprint density at radius 3 is 3.05 bits per heavy atom. The summed E-state index contributed by atoms with van der Waals surface area (Å²) in [6, 6.07) is 4.31. The largest absolute Gasteiger partial charge is 0.270 e. The summed E-state index contributed by atoms with van der Waals surface area (Å²) < 4.78 is 5.55. The number of nitrogens with two attached hydrogens (primary N) is 1. The van der Waals surface area contributed by atoms with Gasteiger partial charge in [0.05, 0.1) is 22.4 Å². The second kappa shape index (κ2) is 5.34. The van der Waals surface area contributed by atoms with Crippen molar-refractivity contribution in [2.45, 2.75) is 19.5 Å². The molecule has 0 spiro atoms. The Morgan fingerprint density at radius 2 is 2.37 bits per heavy atom. The summed E-state index contributed by atoms with van der Waals surface area (Å²) in [5, 5.41) is 6.46. The quantitative estimate of drug-likeness (QED) is 0.555. The van der Waals surface area contributed by atoms with Crippen molar-refractivity contribution in [3.8, 4) is 0 Å². The van der Waals surface area contributed by atoms with E-state index in [1.807, 2.05) is 10.9 Å². The number of hydrogen-bond acceptors (Lipinski definition) is 5. The first-order chi connectivity index (χ1) is 9.24. The van der Waals surface area contributed by atoms with Crippen LogP contribution in [0.4, 0.5) is 0 Å². The SMILES string of the molecule is CCn1ncc(Br)c1C(NN)c1cc2sccc2s1. The molecule has 0 aliphatic heterocycles. The summed E-state index contributed by atoms with van der Waals surface area (Å²) in [5.74, 6) is 5.78. The molecule has 0 aliphatic carbocycles. The third-order valence-electron chi connectivity index (χ3n) is 3.02. The van der Waals surface area contributed by atoms with E-state index >= 15 is 0 Å². The number of aryl methyl sites for hydroxylation is 1. The zero-order valence-corrected chi connectivity index (χ0v) is 13.5. The summed E-state index contributed by atoms with van der Waals surface area (Å²) in [5.41, 5.74) is 3.98. The van der Waals surface area contributed by atoms with E-state index in [0.29, 0.717) is 0 Å². The Hall–Kier alpha value is -0.730. The molecule has 19 heavy (non-hydrogen) atoms. The van der Waals surface area contributed by atoms with E-state index in [1.165, 1.54) is 14.3 Å². The van der Waals surface area contributed by atoms with Crippen molar-refractivity contribution in [1.82, 2.24) is 15.2 Å². The monoisotopic (exact) mass is 356 g/mol. The van der Waals surface area contributed by atoms with Crippen molar-refractivity contribution in [3.63, 3.8) is 0 Å². The fourth-order valence-corrected chi connectivity index (χ4v) is 4.84. The van der Waals surface area contributed by atoms with Gasteiger partial charge < -0.3 is 0 Å². The number of nitrogens with one attached hydrogen (secondary N) is 1. The van der Waals surface area contributed by atoms with Crippen LogP contribution in [0.25, 0.3) is 9.40 Å². The molecule has 3 aromatic heterocycles. The van der Waals surface area contributed by atoms with Crippen LogP contribution in [0.2, 0.25) is 0 Å². The minimum atomic E-state index is -0.0403. The number of thiophene rings is 2. The van der Waals surface area contributed by atoms with Gasteiger partial charge in [-0.25, -0.2) is 5.43 Å². The van der Waals surface area contributed by atoms with Gasteiger partial charge >= 0.3 is 0 Å². The van der Waals surface area contributed by atoms with E-state index in [2.05, 4.69) is 50.9 Å². The average molecular weight is 357 g/mol. The zero-order chi connectivity index (χ0) is 13.4. The lowest BCUT2D eigenvalue weighted by Crippen LogP contribution is -2.30. The fraction of sp³-hybridized carbons (Fsp3) is 0.250. The Labute approximate surface area is 127 Å². The first-order valence-corrected chi connectivity index (χ1v) is 8.37. The molecule has 0 bridgehead atoms. The zero-order valence-electron chi connectivity index (χ0n) is 10.3. The maximum atomic E-state index is 5.78. The molecule has 1 unspecified atom stereocenters. The molecular formula is C12H13BrN4S2. The van der Waals surface area contributed by atoms with Crippen LogP contribution >= 0.6 is 38.6 Å². The predicted molar refractivity (Wildman–Crippen MR) is 84.5 cm³/mol. The lowest BCUT2D eigenvalue weighted by Gasteiger charge is -2.16. The van der Waals surface area contributed by atoms with E-state index in [4.69, 9.17) is 5.84 Å². The Morgan fingerprint density at radius 1 is 1.53 bits per heavy atom. The maximum absolute atomic E-state index is 5.78. The summed E-state index contributed by atoms with van der Waals surface area (Å²) >= 11 is 7.08. The molecule has 3 rings (SSSR count). The van der Waals surface area contributed by atoms with E-state index in [0.717, 1.165) is 16.7 Å². The van der Waals surface area contributed by atoms with E-state index in [1.54, 1.807) is 22.7 Å². The molecule has 3 aromatic rings. The highest BCUT2D eigenvalue weighted by molar-refractivity contribution is 9.10. The third kappa shape index (κ3) is 2.25. The van der Waals surface area contributed by atoms with E-state index in [9.17, 15) is 0 Å². The van der Waals surface area contributed by atoms with Gasteiger partial charge in [-0.3, -0.25) is 10.5 Å². The highest BCUT2D eigenvalue weighted by Gasteiger charge is 2.22. The first kappa shape index (κ1) is 13.3. The van der Waals surface area contributed by atoms with Gasteiger partial charge in [0.15, 0.2) is 0 Å². The molecule has 0 saturated heterocycles. The number of fused-ring (bicyclic) bond motifs is 1. The third-order valence-corrected chi connectivity index (χ3v) is 5.79. The van der Waals surface area contributed by atoms with Crippen molar-refractivity contribution in [1.29, 1.82) is 0 Å². The number of halogens is 1. The van der Waals surface area contributed by atoms with Crippen molar-refractivity contribution in [2.24, 2.45) is 5.84 Å². The molecule has 0 saturated carbocycles. The van der Waals surface area contributed by atoms with Gasteiger partial charge in [-0.1, -0.05) is 0 Å². The second-order valence-electron chi connectivity index (χ2n) is 4.09. The van der Waals surface area contributed by atoms with Crippen molar-refractivity contribution < 1.29 is 0 Å². The van der Waals surface area contributed by atoms with Crippen molar-refractivity contribution in [2.75, 3.05) is 0 Å². The van der Waals surface area contributed by atoms with Gasteiger partial charge in [0.25, 0.3) is 0 Å². The summed E-state index contributed by atoms with van der Waals surface area (Å²) in [6.45, 7) is 2.89. The first-order valence-electron chi connectivity index (χ1n) is 5.88. The standard InChI is InChI=1S/C12H13BrN4S2/c1-2-17-12(7(13)6-15-17)11(16-14)10-5-9-8(19-10)3-4-18-9/h3-6,11,16H,2,14H2,1H3. The molecule has 4 nitrogen and oxygen atoms in total. The molecule has 0 radical (unpaired) electrons. The summed E-state index contributed by atoms with van der Waals surface area (Å²) in [6.07, 6.45) is 1.82. The van der Waals surface area contributed by atoms with Crippen LogP contribution < -0.4 is 11.3 Å². The predicted octanol–water partition coefficient (Wildman–Crippen LogP) is 3.49. The van der Waals surface area contributed by atoms with Gasteiger partial charge in [0.2, 0.25) is 0 Å². The lowest BCUT2D eigenvalue weighted by atomic mass is 10.2. The maximum Gasteiger partial charge on any atom is 0.0982 e. The topological polar surface area (TPSA) is 55.9 Å². The second-order valence-corrected chi connectivity index (χ2v) is 7.01. The van der Waals surface area contributed by atoms with E-state index < -0.39 is 0 Å². The van der Waals surface area contributed by atoms with Gasteiger partial charge in [0, 0.05) is 20.8 Å². The molecule has 1 atom stereocenters. The van der Waals surface area contributed by atoms with Gasteiger partial charge in [-0.2, -0.15) is 5.10 Å². The number of hydrazine groups is 1. The van der Waals surface area contributed by atoms with Crippen LogP contribution in [-0.4, -0.2) is 9.78 Å². The molecule has 0 amide bonds. The fourth-order valence-electron chi connectivity index (χ4n) is 2.13. The molecule has 3 N–H and O–H groups in total. The smallest absolute Gasteiger partial charge is 0.0982 e. The van der Waals surface area contributed by atoms with Crippen LogP contribution in [0.15, 0.2) is 28.2 Å². The lowest BCUT2D eigenvalue weighted by molar-refractivity contribution is 0.547. The molecule has 7 heteroatoms. The van der Waals surface area contributed by atoms with Crippen molar-refractivity contribution in [3.05, 3.63) is 38.8 Å². The van der Waals surface area contributed by atoms with Crippen LogP contribution in [-0.2, 0) is 6.54 Å². The van der Waals surface area contributed by atoms with Gasteiger partial charge in [-0.05, 0) is 40.4 Å². The Bertz CT molecular complexity index is 671. The minimum Gasteiger partial charge on any atom is -0.270 e. The molecule has 0 aliphatic rings.